The van der Waals surface area contributed by atoms with Crippen LogP contribution in [0.3, 0.4) is 0 Å². The van der Waals surface area contributed by atoms with Crippen molar-refractivity contribution in [2.75, 3.05) is 25.4 Å². The zero-order valence-electron chi connectivity index (χ0n) is 11.4. The highest BCUT2D eigenvalue weighted by Gasteiger charge is 2.02. The standard InChI is InChI=1S/C14H31NS/c1-3-5-7-9-11-15(13-14-16)12-10-8-6-4-2/h16H,3-14H2,1-2H3. The maximum Gasteiger partial charge on any atom is 0.00698 e. The summed E-state index contributed by atoms with van der Waals surface area (Å²) in [6.45, 7) is 8.28. The summed E-state index contributed by atoms with van der Waals surface area (Å²) in [5.41, 5.74) is 0. The summed E-state index contributed by atoms with van der Waals surface area (Å²) in [7, 11) is 0. The summed E-state index contributed by atoms with van der Waals surface area (Å²) < 4.78 is 0. The number of unbranched alkanes of at least 4 members (excludes halogenated alkanes) is 6. The van der Waals surface area contributed by atoms with Crippen molar-refractivity contribution in [2.24, 2.45) is 0 Å². The summed E-state index contributed by atoms with van der Waals surface area (Å²) in [6.07, 6.45) is 11.0. The Morgan fingerprint density at radius 1 is 0.688 bits per heavy atom. The summed E-state index contributed by atoms with van der Waals surface area (Å²) in [6, 6.07) is 0. The van der Waals surface area contributed by atoms with E-state index in [1.165, 1.54) is 71.0 Å². The molecule has 98 valence electrons. The molecule has 0 saturated heterocycles. The molecule has 0 N–H and O–H groups in total. The Kier molecular flexibility index (Phi) is 13.6. The molecule has 0 rings (SSSR count). The van der Waals surface area contributed by atoms with Crippen LogP contribution in [0.15, 0.2) is 0 Å². The van der Waals surface area contributed by atoms with Gasteiger partial charge in [-0.25, -0.2) is 0 Å². The van der Waals surface area contributed by atoms with E-state index in [-0.39, 0.29) is 0 Å². The molecule has 0 atom stereocenters. The molecule has 0 aliphatic carbocycles. The molecule has 0 amide bonds. The maximum absolute atomic E-state index is 4.35. The van der Waals surface area contributed by atoms with E-state index >= 15 is 0 Å². The van der Waals surface area contributed by atoms with E-state index in [2.05, 4.69) is 31.4 Å². The van der Waals surface area contributed by atoms with Crippen molar-refractivity contribution in [3.8, 4) is 0 Å². The fourth-order valence-corrected chi connectivity index (χ4v) is 2.28. The van der Waals surface area contributed by atoms with Gasteiger partial charge in [0, 0.05) is 12.3 Å². The van der Waals surface area contributed by atoms with Gasteiger partial charge in [-0.05, 0) is 25.9 Å². The van der Waals surface area contributed by atoms with Gasteiger partial charge in [0.15, 0.2) is 0 Å². The van der Waals surface area contributed by atoms with Crippen LogP contribution >= 0.6 is 12.6 Å². The van der Waals surface area contributed by atoms with Crippen LogP contribution in [0.2, 0.25) is 0 Å². The molecule has 0 aromatic carbocycles. The predicted octanol–water partition coefficient (Wildman–Crippen LogP) is 4.38. The predicted molar refractivity (Wildman–Crippen MR) is 78.6 cm³/mol. The van der Waals surface area contributed by atoms with Gasteiger partial charge >= 0.3 is 0 Å². The molecular formula is C14H31NS. The second-order valence-electron chi connectivity index (χ2n) is 4.69. The molecule has 2 heteroatoms. The van der Waals surface area contributed by atoms with E-state index < -0.39 is 0 Å². The van der Waals surface area contributed by atoms with Crippen LogP contribution in [0.1, 0.15) is 65.2 Å². The first-order valence-electron chi connectivity index (χ1n) is 7.18. The molecule has 0 heterocycles. The van der Waals surface area contributed by atoms with E-state index in [0.717, 1.165) is 5.75 Å². The van der Waals surface area contributed by atoms with Crippen LogP contribution in [0, 0.1) is 0 Å². The van der Waals surface area contributed by atoms with E-state index in [1.807, 2.05) is 0 Å². The fraction of sp³-hybridized carbons (Fsp3) is 1.00. The van der Waals surface area contributed by atoms with Crippen LogP contribution in [-0.4, -0.2) is 30.3 Å². The topological polar surface area (TPSA) is 3.24 Å². The number of hydrogen-bond acceptors (Lipinski definition) is 2. The van der Waals surface area contributed by atoms with Crippen molar-refractivity contribution >= 4 is 12.6 Å². The van der Waals surface area contributed by atoms with Crippen molar-refractivity contribution in [3.63, 3.8) is 0 Å². The average Bonchev–Trinajstić information content (AvgIpc) is 2.30. The number of thiol groups is 1. The number of rotatable bonds is 12. The lowest BCUT2D eigenvalue weighted by Crippen LogP contribution is -2.28. The molecule has 0 radical (unpaired) electrons. The minimum absolute atomic E-state index is 1.00. The lowest BCUT2D eigenvalue weighted by atomic mass is 10.1. The molecule has 0 saturated carbocycles. The van der Waals surface area contributed by atoms with Gasteiger partial charge in [-0.3, -0.25) is 0 Å². The van der Waals surface area contributed by atoms with Crippen molar-refractivity contribution in [3.05, 3.63) is 0 Å². The first kappa shape index (κ1) is 16.3. The van der Waals surface area contributed by atoms with Crippen molar-refractivity contribution in [1.82, 2.24) is 4.90 Å². The third-order valence-corrected chi connectivity index (χ3v) is 3.27. The van der Waals surface area contributed by atoms with Crippen LogP contribution < -0.4 is 0 Å². The maximum atomic E-state index is 4.35. The molecule has 16 heavy (non-hydrogen) atoms. The lowest BCUT2D eigenvalue weighted by molar-refractivity contribution is 0.276. The summed E-state index contributed by atoms with van der Waals surface area (Å²) in [5, 5.41) is 0. The SMILES string of the molecule is CCCCCCN(CCS)CCCCCC. The molecule has 0 aliphatic heterocycles. The average molecular weight is 245 g/mol. The summed E-state index contributed by atoms with van der Waals surface area (Å²) in [5.74, 6) is 1.00. The quantitative estimate of drug-likeness (QED) is 0.394. The van der Waals surface area contributed by atoms with Gasteiger partial charge in [-0.2, -0.15) is 12.6 Å². The van der Waals surface area contributed by atoms with Crippen LogP contribution in [0.25, 0.3) is 0 Å². The van der Waals surface area contributed by atoms with Gasteiger partial charge in [0.05, 0.1) is 0 Å². The van der Waals surface area contributed by atoms with Gasteiger partial charge in [-0.1, -0.05) is 52.4 Å². The highest BCUT2D eigenvalue weighted by atomic mass is 32.1. The molecular weight excluding hydrogens is 214 g/mol. The Morgan fingerprint density at radius 3 is 1.56 bits per heavy atom. The van der Waals surface area contributed by atoms with Gasteiger partial charge in [0.1, 0.15) is 0 Å². The molecule has 0 bridgehead atoms. The zero-order valence-corrected chi connectivity index (χ0v) is 12.3. The number of nitrogens with zero attached hydrogens (tertiary/aromatic N) is 1. The molecule has 0 aromatic rings. The molecule has 0 unspecified atom stereocenters. The highest BCUT2D eigenvalue weighted by Crippen LogP contribution is 2.05. The molecule has 0 fully saturated rings. The molecule has 0 aliphatic rings. The normalized spacial score (nSPS) is 11.2. The summed E-state index contributed by atoms with van der Waals surface area (Å²) in [4.78, 5) is 2.60. The van der Waals surface area contributed by atoms with E-state index in [4.69, 9.17) is 0 Å². The van der Waals surface area contributed by atoms with Gasteiger partial charge in [-0.15, -0.1) is 0 Å². The Balaban J connectivity index is 3.45. The third-order valence-electron chi connectivity index (χ3n) is 3.07. The second-order valence-corrected chi connectivity index (χ2v) is 5.13. The first-order chi connectivity index (χ1) is 7.85. The highest BCUT2D eigenvalue weighted by molar-refractivity contribution is 7.80. The zero-order chi connectivity index (χ0) is 12.1. The van der Waals surface area contributed by atoms with Crippen LogP contribution in [-0.2, 0) is 0 Å². The monoisotopic (exact) mass is 245 g/mol. The molecule has 0 spiro atoms. The van der Waals surface area contributed by atoms with Crippen molar-refractivity contribution in [2.45, 2.75) is 65.2 Å². The number of hydrogen-bond donors (Lipinski definition) is 1. The molecule has 1 nitrogen and oxygen atoms in total. The van der Waals surface area contributed by atoms with Crippen molar-refractivity contribution in [1.29, 1.82) is 0 Å². The first-order valence-corrected chi connectivity index (χ1v) is 7.81. The van der Waals surface area contributed by atoms with Crippen LogP contribution in [0.5, 0.6) is 0 Å². The Labute approximate surface area is 108 Å². The van der Waals surface area contributed by atoms with E-state index in [1.54, 1.807) is 0 Å². The van der Waals surface area contributed by atoms with Gasteiger partial charge < -0.3 is 4.90 Å². The van der Waals surface area contributed by atoms with Gasteiger partial charge in [0.2, 0.25) is 0 Å². The minimum atomic E-state index is 1.00. The Bertz CT molecular complexity index is 116. The Morgan fingerprint density at radius 2 is 1.19 bits per heavy atom. The molecule has 0 aromatic heterocycles. The lowest BCUT2D eigenvalue weighted by Gasteiger charge is -2.21. The largest absolute Gasteiger partial charge is 0.303 e. The van der Waals surface area contributed by atoms with Gasteiger partial charge in [0.25, 0.3) is 0 Å². The summed E-state index contributed by atoms with van der Waals surface area (Å²) >= 11 is 4.35. The second kappa shape index (κ2) is 13.4. The Hall–Kier alpha value is 0.310. The van der Waals surface area contributed by atoms with E-state index in [0.29, 0.717) is 0 Å². The third kappa shape index (κ3) is 10.8. The smallest absolute Gasteiger partial charge is 0.00698 e. The minimum Gasteiger partial charge on any atom is -0.303 e. The fourth-order valence-electron chi connectivity index (χ4n) is 2.00. The van der Waals surface area contributed by atoms with E-state index in [9.17, 15) is 0 Å². The van der Waals surface area contributed by atoms with Crippen LogP contribution in [0.4, 0.5) is 0 Å². The van der Waals surface area contributed by atoms with Crippen molar-refractivity contribution < 1.29 is 0 Å².